The van der Waals surface area contributed by atoms with Gasteiger partial charge >= 0.3 is 18.0 Å². The van der Waals surface area contributed by atoms with Gasteiger partial charge in [-0.25, -0.2) is 14.4 Å². The van der Waals surface area contributed by atoms with Gasteiger partial charge in [-0.3, -0.25) is 0 Å². The van der Waals surface area contributed by atoms with E-state index < -0.39 is 18.0 Å². The highest BCUT2D eigenvalue weighted by molar-refractivity contribution is 5.82. The van der Waals surface area contributed by atoms with Crippen LogP contribution in [-0.2, 0) is 4.79 Å². The smallest absolute Gasteiger partial charge is 0.326 e. The number of amides is 4. The third-order valence-corrected chi connectivity index (χ3v) is 2.11. The number of rotatable bonds is 7. The van der Waals surface area contributed by atoms with Gasteiger partial charge in [-0.1, -0.05) is 0 Å². The molecule has 0 heterocycles. The fraction of sp³-hybridized carbons (Fsp3) is 0.700. The van der Waals surface area contributed by atoms with Crippen LogP contribution < -0.4 is 16.0 Å². The van der Waals surface area contributed by atoms with Gasteiger partial charge < -0.3 is 31.1 Å². The van der Waals surface area contributed by atoms with Gasteiger partial charge in [-0.15, -0.1) is 0 Å². The Labute approximate surface area is 111 Å². The molecule has 0 rings (SSSR count). The number of nitrogens with zero attached hydrogens (tertiary/aromatic N) is 1. The minimum atomic E-state index is -1.22. The molecule has 0 bridgehead atoms. The maximum absolute atomic E-state index is 11.3. The summed E-state index contributed by atoms with van der Waals surface area (Å²) in [5.74, 6) is -1.22. The van der Waals surface area contributed by atoms with Gasteiger partial charge in [0.25, 0.3) is 0 Å². The lowest BCUT2D eigenvalue weighted by atomic mass is 10.2. The summed E-state index contributed by atoms with van der Waals surface area (Å²) in [5.41, 5.74) is 0. The predicted octanol–water partition coefficient (Wildman–Crippen LogP) is -1.61. The summed E-state index contributed by atoms with van der Waals surface area (Å²) in [6, 6.07) is -2.09. The summed E-state index contributed by atoms with van der Waals surface area (Å²) in [6.07, 6.45) is -0.0693. The van der Waals surface area contributed by atoms with Gasteiger partial charge in [-0.05, 0) is 0 Å². The molecule has 0 aliphatic rings. The van der Waals surface area contributed by atoms with Crippen molar-refractivity contribution in [3.8, 4) is 0 Å². The second-order valence-corrected chi connectivity index (χ2v) is 3.93. The normalized spacial score (nSPS) is 11.3. The Morgan fingerprint density at radius 1 is 1.16 bits per heavy atom. The van der Waals surface area contributed by atoms with Crippen LogP contribution in [0, 0.1) is 0 Å². The molecule has 0 aliphatic carbocycles. The van der Waals surface area contributed by atoms with Crippen LogP contribution in [0.25, 0.3) is 0 Å². The molecular formula is C10H20N4O5. The van der Waals surface area contributed by atoms with E-state index in [9.17, 15) is 14.4 Å². The molecule has 1 atom stereocenters. The monoisotopic (exact) mass is 276 g/mol. The second kappa shape index (κ2) is 8.97. The average molecular weight is 276 g/mol. The third kappa shape index (κ3) is 7.82. The lowest BCUT2D eigenvalue weighted by Crippen LogP contribution is -2.48. The SMILES string of the molecule is CN(C)C(=O)NCCNC(=O)N[C@H](CCO)C(=O)O. The number of hydrogen-bond donors (Lipinski definition) is 5. The van der Waals surface area contributed by atoms with Crippen molar-refractivity contribution in [2.75, 3.05) is 33.8 Å². The van der Waals surface area contributed by atoms with Crippen LogP contribution in [-0.4, -0.2) is 73.0 Å². The molecule has 0 unspecified atom stereocenters. The first-order valence-corrected chi connectivity index (χ1v) is 5.71. The molecule has 0 aromatic rings. The Morgan fingerprint density at radius 2 is 1.74 bits per heavy atom. The zero-order valence-electron chi connectivity index (χ0n) is 11.0. The van der Waals surface area contributed by atoms with Crippen molar-refractivity contribution in [2.45, 2.75) is 12.5 Å². The number of carbonyl (C=O) groups excluding carboxylic acids is 2. The lowest BCUT2D eigenvalue weighted by molar-refractivity contribution is -0.139. The molecule has 9 nitrogen and oxygen atoms in total. The highest BCUT2D eigenvalue weighted by Gasteiger charge is 2.18. The number of nitrogens with one attached hydrogen (secondary N) is 3. The van der Waals surface area contributed by atoms with E-state index >= 15 is 0 Å². The Bertz CT molecular complexity index is 321. The van der Waals surface area contributed by atoms with Gasteiger partial charge in [0.15, 0.2) is 0 Å². The van der Waals surface area contributed by atoms with E-state index in [1.54, 1.807) is 14.1 Å². The molecular weight excluding hydrogens is 256 g/mol. The van der Waals surface area contributed by atoms with Crippen molar-refractivity contribution in [1.82, 2.24) is 20.9 Å². The number of carboxylic acids is 1. The van der Waals surface area contributed by atoms with Crippen molar-refractivity contribution >= 4 is 18.0 Å². The van der Waals surface area contributed by atoms with Crippen LogP contribution in [0.15, 0.2) is 0 Å². The van der Waals surface area contributed by atoms with Crippen molar-refractivity contribution in [3.05, 3.63) is 0 Å². The zero-order valence-corrected chi connectivity index (χ0v) is 11.0. The van der Waals surface area contributed by atoms with Crippen LogP contribution in [0.3, 0.4) is 0 Å². The molecule has 4 amide bonds. The van der Waals surface area contributed by atoms with Gasteiger partial charge in [-0.2, -0.15) is 0 Å². The molecule has 0 aromatic carbocycles. The fourth-order valence-electron chi connectivity index (χ4n) is 1.10. The Hall–Kier alpha value is -2.03. The van der Waals surface area contributed by atoms with Crippen molar-refractivity contribution < 1.29 is 24.6 Å². The fourth-order valence-corrected chi connectivity index (χ4v) is 1.10. The first-order chi connectivity index (χ1) is 8.88. The number of carbonyl (C=O) groups is 3. The molecule has 0 aromatic heterocycles. The van der Waals surface area contributed by atoms with Gasteiger partial charge in [0.1, 0.15) is 6.04 Å². The summed E-state index contributed by atoms with van der Waals surface area (Å²) < 4.78 is 0. The van der Waals surface area contributed by atoms with Gasteiger partial charge in [0, 0.05) is 40.2 Å². The lowest BCUT2D eigenvalue weighted by Gasteiger charge is -2.15. The van der Waals surface area contributed by atoms with Crippen LogP contribution >= 0.6 is 0 Å². The molecule has 110 valence electrons. The van der Waals surface area contributed by atoms with E-state index in [4.69, 9.17) is 10.2 Å². The number of carboxylic acid groups (broad SMARTS) is 1. The highest BCUT2D eigenvalue weighted by Crippen LogP contribution is 1.90. The largest absolute Gasteiger partial charge is 0.480 e. The van der Waals surface area contributed by atoms with Gasteiger partial charge in [0.05, 0.1) is 0 Å². The van der Waals surface area contributed by atoms with Crippen LogP contribution in [0.5, 0.6) is 0 Å². The molecule has 0 saturated heterocycles. The molecule has 19 heavy (non-hydrogen) atoms. The summed E-state index contributed by atoms with van der Waals surface area (Å²) >= 11 is 0. The molecule has 9 heteroatoms. The maximum atomic E-state index is 11.3. The molecule has 5 N–H and O–H groups in total. The van der Waals surface area contributed by atoms with Crippen LogP contribution in [0.2, 0.25) is 0 Å². The maximum Gasteiger partial charge on any atom is 0.326 e. The van der Waals surface area contributed by atoms with E-state index in [0.29, 0.717) is 0 Å². The third-order valence-electron chi connectivity index (χ3n) is 2.11. The number of aliphatic carboxylic acids is 1. The molecule has 0 fully saturated rings. The highest BCUT2D eigenvalue weighted by atomic mass is 16.4. The van der Waals surface area contributed by atoms with Crippen molar-refractivity contribution in [1.29, 1.82) is 0 Å². The quantitative estimate of drug-likeness (QED) is 0.357. The summed E-state index contributed by atoms with van der Waals surface area (Å²) in [7, 11) is 3.17. The minimum absolute atomic E-state index is 0.0693. The minimum Gasteiger partial charge on any atom is -0.480 e. The molecule has 0 saturated carbocycles. The summed E-state index contributed by atoms with van der Waals surface area (Å²) in [5, 5.41) is 24.5. The summed E-state index contributed by atoms with van der Waals surface area (Å²) in [6.45, 7) is 0.0508. The van der Waals surface area contributed by atoms with E-state index in [0.717, 1.165) is 0 Å². The molecule has 0 radical (unpaired) electrons. The Morgan fingerprint density at radius 3 is 2.21 bits per heavy atom. The number of hydrogen-bond acceptors (Lipinski definition) is 4. The molecule has 0 spiro atoms. The van der Waals surface area contributed by atoms with E-state index in [1.165, 1.54) is 4.90 Å². The number of aliphatic hydroxyl groups excluding tert-OH is 1. The first-order valence-electron chi connectivity index (χ1n) is 5.71. The first kappa shape index (κ1) is 17.0. The standard InChI is InChI=1S/C10H20N4O5/c1-14(2)10(19)12-5-4-11-9(18)13-7(3-6-15)8(16)17/h7,15H,3-6H2,1-2H3,(H,12,19)(H,16,17)(H2,11,13,18)/t7-/m1/s1. The average Bonchev–Trinajstić information content (AvgIpc) is 2.33. The molecule has 0 aliphatic heterocycles. The van der Waals surface area contributed by atoms with E-state index in [1.807, 2.05) is 0 Å². The van der Waals surface area contributed by atoms with Crippen LogP contribution in [0.4, 0.5) is 9.59 Å². The predicted molar refractivity (Wildman–Crippen MR) is 66.7 cm³/mol. The van der Waals surface area contributed by atoms with Gasteiger partial charge in [0.2, 0.25) is 0 Å². The zero-order chi connectivity index (χ0) is 14.8. The van der Waals surface area contributed by atoms with Crippen LogP contribution in [0.1, 0.15) is 6.42 Å². The van der Waals surface area contributed by atoms with Crippen molar-refractivity contribution in [2.24, 2.45) is 0 Å². The topological polar surface area (TPSA) is 131 Å². The number of aliphatic hydroxyl groups is 1. The summed E-state index contributed by atoms with van der Waals surface area (Å²) in [4.78, 5) is 34.5. The Kier molecular flexibility index (Phi) is 8.02. The van der Waals surface area contributed by atoms with E-state index in [-0.39, 0.29) is 32.1 Å². The number of urea groups is 2. The Balaban J connectivity index is 3.86. The van der Waals surface area contributed by atoms with Crippen molar-refractivity contribution in [3.63, 3.8) is 0 Å². The second-order valence-electron chi connectivity index (χ2n) is 3.93. The van der Waals surface area contributed by atoms with E-state index in [2.05, 4.69) is 16.0 Å².